The van der Waals surface area contributed by atoms with Crippen molar-refractivity contribution in [3.8, 4) is 0 Å². The lowest BCUT2D eigenvalue weighted by Gasteiger charge is -1.63. The molecule has 0 fully saturated rings. The van der Waals surface area contributed by atoms with Crippen LogP contribution >= 0.6 is 90.8 Å². The molecule has 0 bridgehead atoms. The Hall–Kier alpha value is 1.42. The lowest BCUT2D eigenvalue weighted by atomic mass is 10.7. The maximum atomic E-state index is 4.05. The van der Waals surface area contributed by atoms with Gasteiger partial charge in [-0.15, -0.1) is 72.3 Å². The second-order valence-electron chi connectivity index (χ2n) is 1.90. The van der Waals surface area contributed by atoms with E-state index in [2.05, 4.69) is 18.5 Å². The average molecular weight is 374 g/mol. The van der Waals surface area contributed by atoms with E-state index in [0.29, 0.717) is 0 Å². The van der Waals surface area contributed by atoms with E-state index in [0.717, 1.165) is 9.24 Å². The number of hydrogen-bond donors (Lipinski definition) is 0. The van der Waals surface area contributed by atoms with Crippen molar-refractivity contribution in [2.75, 3.05) is 0 Å². The fraction of sp³-hybridized carbons (Fsp3) is 0. The summed E-state index contributed by atoms with van der Waals surface area (Å²) in [6.07, 6.45) is 0. The molecule has 0 aliphatic heterocycles. The van der Waals surface area contributed by atoms with E-state index in [1.165, 1.54) is 0 Å². The molecule has 0 unspecified atom stereocenters. The van der Waals surface area contributed by atoms with Crippen molar-refractivity contribution in [3.63, 3.8) is 0 Å². The highest BCUT2D eigenvalue weighted by molar-refractivity contribution is 7.43. The Morgan fingerprint density at radius 3 is 1.06 bits per heavy atom. The first-order valence-electron chi connectivity index (χ1n) is 3.24. The Kier molecular flexibility index (Phi) is 26.8. The minimum absolute atomic E-state index is 0. The second-order valence-corrected chi connectivity index (χ2v) is 5.37. The Morgan fingerprint density at radius 1 is 0.688 bits per heavy atom. The van der Waals surface area contributed by atoms with E-state index in [4.69, 9.17) is 0 Å². The predicted molar refractivity (Wildman–Crippen MR) is 90.7 cm³/mol. The Balaban J connectivity index is -0.0000000720. The molecule has 0 saturated carbocycles. The molecule has 0 aromatic carbocycles. The van der Waals surface area contributed by atoms with Crippen molar-refractivity contribution in [2.24, 2.45) is 0 Å². The van der Waals surface area contributed by atoms with Gasteiger partial charge in [-0.25, -0.2) is 0 Å². The van der Waals surface area contributed by atoms with Crippen LogP contribution in [-0.2, 0) is 0 Å². The van der Waals surface area contributed by atoms with E-state index in [1.807, 2.05) is 35.0 Å². The molecule has 0 aliphatic rings. The van der Waals surface area contributed by atoms with Crippen molar-refractivity contribution in [3.05, 3.63) is 35.0 Å². The first-order chi connectivity index (χ1) is 5.79. The van der Waals surface area contributed by atoms with Gasteiger partial charge in [0, 0.05) is 27.7 Å². The molecular weight excluding hydrogens is 364 g/mol. The molecule has 2 rings (SSSR count). The van der Waals surface area contributed by atoms with Crippen LogP contribution in [-0.4, -0.2) is 0 Å². The second kappa shape index (κ2) is 16.4. The van der Waals surface area contributed by atoms with Crippen molar-refractivity contribution in [2.45, 2.75) is 0 Å². The minimum Gasteiger partial charge on any atom is -0.147 e. The van der Waals surface area contributed by atoms with Crippen LogP contribution in [0.3, 0.4) is 0 Å². The summed E-state index contributed by atoms with van der Waals surface area (Å²) in [6.45, 7) is 0. The molecule has 2 aromatic rings. The van der Waals surface area contributed by atoms with Crippen molar-refractivity contribution in [1.29, 1.82) is 0 Å². The van der Waals surface area contributed by atoms with Crippen LogP contribution in [0.15, 0.2) is 35.0 Å². The molecule has 0 nitrogen and oxygen atoms in total. The molecule has 2 heterocycles. The number of hydrogen-bond acceptors (Lipinski definition) is 2. The first-order valence-corrected chi connectivity index (χ1v) is 5.89. The number of halogens is 4. The van der Waals surface area contributed by atoms with Gasteiger partial charge >= 0.3 is 0 Å². The maximum Gasteiger partial charge on any atom is 0.0379 e. The van der Waals surface area contributed by atoms with Crippen LogP contribution < -0.4 is 9.24 Å². The average Bonchev–Trinajstić information content (AvgIpc) is 2.63. The molecule has 0 spiro atoms. The van der Waals surface area contributed by atoms with Gasteiger partial charge in [0.25, 0.3) is 0 Å². The zero-order valence-corrected chi connectivity index (χ0v) is 14.5. The van der Waals surface area contributed by atoms with Crippen LogP contribution in [0.5, 0.6) is 0 Å². The normalized spacial score (nSPS) is 6.62. The molecule has 8 heteroatoms. The fourth-order valence-electron chi connectivity index (χ4n) is 0.540. The number of thiophene rings is 2. The van der Waals surface area contributed by atoms with Crippen molar-refractivity contribution >= 4 is 100 Å². The van der Waals surface area contributed by atoms with Gasteiger partial charge in [-0.2, -0.15) is 0 Å². The molecule has 16 heavy (non-hydrogen) atoms. The van der Waals surface area contributed by atoms with E-state index in [9.17, 15) is 0 Å². The topological polar surface area (TPSA) is 0 Å². The fourth-order valence-corrected chi connectivity index (χ4v) is 1.98. The third-order valence-corrected chi connectivity index (χ3v) is 3.28. The third-order valence-electron chi connectivity index (χ3n) is 1.01. The summed E-state index contributed by atoms with van der Waals surface area (Å²) in [4.78, 5) is 0. The van der Waals surface area contributed by atoms with Crippen LogP contribution in [0.25, 0.3) is 0 Å². The van der Waals surface area contributed by atoms with Gasteiger partial charge in [0.1, 0.15) is 0 Å². The molecule has 92 valence electrons. The molecule has 0 atom stereocenters. The maximum absolute atomic E-state index is 4.05. The summed E-state index contributed by atoms with van der Waals surface area (Å²) >= 11 is 3.28. The first kappa shape index (κ1) is 26.1. The van der Waals surface area contributed by atoms with E-state index in [-0.39, 0.29) is 49.6 Å². The Morgan fingerprint density at radius 2 is 1.00 bits per heavy atom. The van der Waals surface area contributed by atoms with Gasteiger partial charge in [0.2, 0.25) is 0 Å². The van der Waals surface area contributed by atoms with Gasteiger partial charge in [-0.3, -0.25) is 0 Å². The summed E-state index contributed by atoms with van der Waals surface area (Å²) < 4.78 is 2.16. The Bertz CT molecular complexity index is 267. The SMILES string of the molecule is Cl.Cl.Cl.Cl.[P]c1cccs1.[P]c1cccs1. The minimum atomic E-state index is 0. The van der Waals surface area contributed by atoms with E-state index >= 15 is 0 Å². The Labute approximate surface area is 134 Å². The summed E-state index contributed by atoms with van der Waals surface area (Å²) in [7, 11) is 8.11. The van der Waals surface area contributed by atoms with Gasteiger partial charge in [-0.05, 0) is 22.9 Å². The molecule has 0 amide bonds. The zero-order chi connectivity index (χ0) is 8.81. The largest absolute Gasteiger partial charge is 0.147 e. The highest BCUT2D eigenvalue weighted by Crippen LogP contribution is 1.96. The van der Waals surface area contributed by atoms with Crippen molar-refractivity contribution in [1.82, 2.24) is 0 Å². The van der Waals surface area contributed by atoms with Gasteiger partial charge < -0.3 is 0 Å². The molecule has 0 aliphatic carbocycles. The zero-order valence-electron chi connectivity index (χ0n) is 7.81. The molecule has 4 radical (unpaired) electrons. The molecule has 2 aromatic heterocycles. The van der Waals surface area contributed by atoms with Crippen LogP contribution in [0.1, 0.15) is 0 Å². The standard InChI is InChI=1S/2C4H3PS.4ClH/c2*5-4-2-1-3-6-4;;;;/h2*1-3H;4*1H. The smallest absolute Gasteiger partial charge is 0.0379 e. The van der Waals surface area contributed by atoms with Crippen molar-refractivity contribution < 1.29 is 0 Å². The lowest BCUT2D eigenvalue weighted by molar-refractivity contribution is 2.08. The highest BCUT2D eigenvalue weighted by atomic mass is 35.5. The third kappa shape index (κ3) is 13.5. The summed E-state index contributed by atoms with van der Waals surface area (Å²) in [5, 5.41) is 4.00. The summed E-state index contributed by atoms with van der Waals surface area (Å²) in [6, 6.07) is 7.89. The van der Waals surface area contributed by atoms with Gasteiger partial charge in [0.15, 0.2) is 0 Å². The molecule has 0 saturated heterocycles. The predicted octanol–water partition coefficient (Wildman–Crippen LogP) is 5.26. The van der Waals surface area contributed by atoms with Crippen LogP contribution in [0.4, 0.5) is 0 Å². The number of rotatable bonds is 0. The van der Waals surface area contributed by atoms with Gasteiger partial charge in [-0.1, -0.05) is 12.1 Å². The van der Waals surface area contributed by atoms with E-state index < -0.39 is 0 Å². The lowest BCUT2D eigenvalue weighted by Crippen LogP contribution is -1.68. The van der Waals surface area contributed by atoms with Crippen LogP contribution in [0, 0.1) is 0 Å². The monoisotopic (exact) mass is 372 g/mol. The quantitative estimate of drug-likeness (QED) is 0.553. The van der Waals surface area contributed by atoms with Gasteiger partial charge in [0.05, 0.1) is 0 Å². The summed E-state index contributed by atoms with van der Waals surface area (Å²) in [5.41, 5.74) is 0. The van der Waals surface area contributed by atoms with E-state index in [1.54, 1.807) is 22.7 Å². The van der Waals surface area contributed by atoms with Crippen LogP contribution in [0.2, 0.25) is 0 Å². The molecular formula is C8H10Cl4P2S2. The summed E-state index contributed by atoms with van der Waals surface area (Å²) in [5.74, 6) is 0. The highest BCUT2D eigenvalue weighted by Gasteiger charge is 1.77. The molecule has 0 N–H and O–H groups in total.